The zero-order chi connectivity index (χ0) is 11.8. The number of nitriles is 1. The highest BCUT2D eigenvalue weighted by atomic mass is 15.0. The maximum Gasteiger partial charge on any atom is 0.101 e. The van der Waals surface area contributed by atoms with Crippen LogP contribution in [0.15, 0.2) is 18.3 Å². The lowest BCUT2D eigenvalue weighted by molar-refractivity contribution is 0.262. The lowest BCUT2D eigenvalue weighted by Crippen LogP contribution is -2.54. The summed E-state index contributed by atoms with van der Waals surface area (Å²) in [7, 11) is 0. The first-order valence-corrected chi connectivity index (χ1v) is 6.10. The van der Waals surface area contributed by atoms with Gasteiger partial charge in [-0.3, -0.25) is 4.98 Å². The van der Waals surface area contributed by atoms with Gasteiger partial charge in [0.15, 0.2) is 0 Å². The minimum absolute atomic E-state index is 0.486. The van der Waals surface area contributed by atoms with Gasteiger partial charge >= 0.3 is 0 Å². The van der Waals surface area contributed by atoms with Gasteiger partial charge in [0.25, 0.3) is 0 Å². The van der Waals surface area contributed by atoms with E-state index < -0.39 is 0 Å². The number of aryl methyl sites for hydroxylation is 1. The molecule has 2 unspecified atom stereocenters. The quantitative estimate of drug-likeness (QED) is 0.795. The molecule has 0 amide bonds. The van der Waals surface area contributed by atoms with Gasteiger partial charge in [0, 0.05) is 18.8 Å². The van der Waals surface area contributed by atoms with Gasteiger partial charge in [-0.1, -0.05) is 6.08 Å². The van der Waals surface area contributed by atoms with E-state index in [0.29, 0.717) is 11.6 Å². The van der Waals surface area contributed by atoms with Gasteiger partial charge in [0.1, 0.15) is 6.07 Å². The first-order chi connectivity index (χ1) is 8.29. The van der Waals surface area contributed by atoms with Crippen LogP contribution in [0, 0.1) is 24.2 Å². The van der Waals surface area contributed by atoms with Crippen LogP contribution in [0.4, 0.5) is 0 Å². The lowest BCUT2D eigenvalue weighted by Gasteiger charge is -2.42. The van der Waals surface area contributed by atoms with Gasteiger partial charge in [-0.2, -0.15) is 5.26 Å². The summed E-state index contributed by atoms with van der Waals surface area (Å²) in [5.74, 6) is 0.779. The van der Waals surface area contributed by atoms with E-state index in [9.17, 15) is 0 Å². The summed E-state index contributed by atoms with van der Waals surface area (Å²) in [6.45, 7) is 3.01. The highest BCUT2D eigenvalue weighted by Crippen LogP contribution is 2.35. The molecule has 17 heavy (non-hydrogen) atoms. The SMILES string of the molecule is Cc1ncc(C2=CCCC3CNC23)cc1C#N. The molecule has 2 atom stereocenters. The van der Waals surface area contributed by atoms with Gasteiger partial charge in [-0.15, -0.1) is 0 Å². The average molecular weight is 225 g/mol. The van der Waals surface area contributed by atoms with Crippen molar-refractivity contribution in [2.75, 3.05) is 6.54 Å². The number of nitrogens with zero attached hydrogens (tertiary/aromatic N) is 2. The lowest BCUT2D eigenvalue weighted by atomic mass is 9.76. The number of rotatable bonds is 1. The van der Waals surface area contributed by atoms with E-state index in [1.54, 1.807) is 0 Å². The van der Waals surface area contributed by atoms with Crippen molar-refractivity contribution < 1.29 is 0 Å². The Balaban J connectivity index is 1.99. The van der Waals surface area contributed by atoms with E-state index in [1.165, 1.54) is 12.0 Å². The Bertz CT molecular complexity index is 525. The van der Waals surface area contributed by atoms with E-state index in [4.69, 9.17) is 5.26 Å². The summed E-state index contributed by atoms with van der Waals surface area (Å²) in [5.41, 5.74) is 3.93. The van der Waals surface area contributed by atoms with Crippen molar-refractivity contribution in [3.8, 4) is 6.07 Å². The number of hydrogen-bond acceptors (Lipinski definition) is 3. The van der Waals surface area contributed by atoms with Gasteiger partial charge in [-0.05, 0) is 42.9 Å². The van der Waals surface area contributed by atoms with E-state index in [1.807, 2.05) is 19.2 Å². The maximum absolute atomic E-state index is 9.05. The predicted molar refractivity (Wildman–Crippen MR) is 66.2 cm³/mol. The Kier molecular flexibility index (Phi) is 2.45. The number of pyridine rings is 1. The molecule has 1 fully saturated rings. The molecule has 0 bridgehead atoms. The molecule has 0 radical (unpaired) electrons. The third-order valence-electron chi connectivity index (χ3n) is 3.85. The van der Waals surface area contributed by atoms with Crippen molar-refractivity contribution in [2.45, 2.75) is 25.8 Å². The van der Waals surface area contributed by atoms with Gasteiger partial charge in [0.05, 0.1) is 11.3 Å². The van der Waals surface area contributed by atoms with Crippen molar-refractivity contribution in [1.29, 1.82) is 5.26 Å². The van der Waals surface area contributed by atoms with Crippen LogP contribution in [-0.2, 0) is 0 Å². The topological polar surface area (TPSA) is 48.7 Å². The monoisotopic (exact) mass is 225 g/mol. The fraction of sp³-hybridized carbons (Fsp3) is 0.429. The third-order valence-corrected chi connectivity index (χ3v) is 3.85. The van der Waals surface area contributed by atoms with Crippen LogP contribution in [0.3, 0.4) is 0 Å². The zero-order valence-corrected chi connectivity index (χ0v) is 9.90. The number of aromatic nitrogens is 1. The van der Waals surface area contributed by atoms with Gasteiger partial charge in [0.2, 0.25) is 0 Å². The largest absolute Gasteiger partial charge is 0.309 e. The molecule has 1 aromatic rings. The maximum atomic E-state index is 9.05. The smallest absolute Gasteiger partial charge is 0.101 e. The van der Waals surface area contributed by atoms with Gasteiger partial charge < -0.3 is 5.32 Å². The third kappa shape index (κ3) is 1.65. The molecule has 1 N–H and O–H groups in total. The Morgan fingerprint density at radius 2 is 2.41 bits per heavy atom. The van der Waals surface area contributed by atoms with Crippen LogP contribution in [0.25, 0.3) is 5.57 Å². The second-order valence-corrected chi connectivity index (χ2v) is 4.85. The Labute approximate surface area is 101 Å². The first kappa shape index (κ1) is 10.5. The molecule has 2 heterocycles. The minimum Gasteiger partial charge on any atom is -0.309 e. The molecule has 0 aromatic carbocycles. The summed E-state index contributed by atoms with van der Waals surface area (Å²) >= 11 is 0. The molecular formula is C14H15N3. The van der Waals surface area contributed by atoms with Gasteiger partial charge in [-0.25, -0.2) is 0 Å². The van der Waals surface area contributed by atoms with Crippen molar-refractivity contribution in [3.63, 3.8) is 0 Å². The highest BCUT2D eigenvalue weighted by molar-refractivity contribution is 5.72. The van der Waals surface area contributed by atoms with Crippen LogP contribution < -0.4 is 5.32 Å². The average Bonchev–Trinajstić information content (AvgIpc) is 2.31. The van der Waals surface area contributed by atoms with Crippen molar-refractivity contribution in [3.05, 3.63) is 35.2 Å². The molecule has 1 aliphatic carbocycles. The Morgan fingerprint density at radius 3 is 3.12 bits per heavy atom. The van der Waals surface area contributed by atoms with Crippen LogP contribution in [0.1, 0.15) is 29.7 Å². The van der Waals surface area contributed by atoms with Crippen molar-refractivity contribution in [1.82, 2.24) is 10.3 Å². The summed E-state index contributed by atoms with van der Waals surface area (Å²) in [6, 6.07) is 4.66. The highest BCUT2D eigenvalue weighted by Gasteiger charge is 2.35. The molecule has 86 valence electrons. The van der Waals surface area contributed by atoms with Crippen LogP contribution in [0.5, 0.6) is 0 Å². The fourth-order valence-corrected chi connectivity index (χ4v) is 2.72. The van der Waals surface area contributed by atoms with E-state index in [2.05, 4.69) is 22.4 Å². The first-order valence-electron chi connectivity index (χ1n) is 6.10. The van der Waals surface area contributed by atoms with Crippen molar-refractivity contribution >= 4 is 5.57 Å². The summed E-state index contributed by atoms with van der Waals surface area (Å²) < 4.78 is 0. The summed E-state index contributed by atoms with van der Waals surface area (Å²) in [6.07, 6.45) is 6.62. The molecule has 3 heteroatoms. The van der Waals surface area contributed by atoms with E-state index >= 15 is 0 Å². The number of fused-ring (bicyclic) bond motifs is 1. The fourth-order valence-electron chi connectivity index (χ4n) is 2.72. The standard InChI is InChI=1S/C14H15N3/c1-9-11(6-15)5-12(8-16-9)13-4-2-3-10-7-17-14(10)13/h4-5,8,10,14,17H,2-3,7H2,1H3. The van der Waals surface area contributed by atoms with E-state index in [-0.39, 0.29) is 0 Å². The molecule has 2 aliphatic rings. The van der Waals surface area contributed by atoms with Crippen LogP contribution in [0.2, 0.25) is 0 Å². The second kappa shape index (κ2) is 3.97. The molecule has 1 aromatic heterocycles. The molecule has 0 saturated carbocycles. The number of nitrogens with one attached hydrogen (secondary N) is 1. The number of allylic oxidation sites excluding steroid dienone is 1. The Morgan fingerprint density at radius 1 is 1.53 bits per heavy atom. The van der Waals surface area contributed by atoms with Crippen LogP contribution in [-0.4, -0.2) is 17.6 Å². The molecular weight excluding hydrogens is 210 g/mol. The summed E-state index contributed by atoms with van der Waals surface area (Å²) in [4.78, 5) is 4.32. The summed E-state index contributed by atoms with van der Waals surface area (Å²) in [5, 5.41) is 12.5. The zero-order valence-electron chi connectivity index (χ0n) is 9.90. The van der Waals surface area contributed by atoms with Crippen LogP contribution >= 0.6 is 0 Å². The second-order valence-electron chi connectivity index (χ2n) is 4.85. The molecule has 0 spiro atoms. The van der Waals surface area contributed by atoms with E-state index in [0.717, 1.165) is 30.1 Å². The number of hydrogen-bond donors (Lipinski definition) is 1. The molecule has 1 saturated heterocycles. The molecule has 1 aliphatic heterocycles. The Hall–Kier alpha value is -1.66. The minimum atomic E-state index is 0.486. The normalized spacial score (nSPS) is 26.5. The predicted octanol–water partition coefficient (Wildman–Crippen LogP) is 2.03. The van der Waals surface area contributed by atoms with Crippen molar-refractivity contribution in [2.24, 2.45) is 5.92 Å². The molecule has 3 rings (SSSR count). The molecule has 3 nitrogen and oxygen atoms in total.